The highest BCUT2D eigenvalue weighted by Gasteiger charge is 2.37. The normalized spacial score (nSPS) is 14.7. The van der Waals surface area contributed by atoms with Crippen molar-refractivity contribution in [1.82, 2.24) is 5.32 Å². The van der Waals surface area contributed by atoms with Crippen molar-refractivity contribution in [3.8, 4) is 23.3 Å². The van der Waals surface area contributed by atoms with Crippen LogP contribution >= 0.6 is 31.9 Å². The average molecular weight is 579 g/mol. The number of hydrogen-bond acceptors (Lipinski definition) is 7. The number of rotatable bonds is 7. The molecular weight excluding hydrogens is 562 g/mol. The van der Waals surface area contributed by atoms with Crippen LogP contribution in [0.15, 0.2) is 44.9 Å². The van der Waals surface area contributed by atoms with E-state index < -0.39 is 17.8 Å². The van der Waals surface area contributed by atoms with Gasteiger partial charge in [-0.05, 0) is 80.8 Å². The fraction of sp³-hybridized carbons (Fsp3) is 0.182. The first-order valence-corrected chi connectivity index (χ1v) is 11.1. The molecule has 1 aliphatic heterocycles. The third-order valence-corrected chi connectivity index (χ3v) is 6.61. The summed E-state index contributed by atoms with van der Waals surface area (Å²) in [5, 5.41) is 11.0. The van der Waals surface area contributed by atoms with Crippen LogP contribution in [0, 0.1) is 11.3 Å². The van der Waals surface area contributed by atoms with Gasteiger partial charge in [0.05, 0.1) is 23.9 Å². The summed E-state index contributed by atoms with van der Waals surface area (Å²) in [7, 11) is 1.50. The van der Waals surface area contributed by atoms with Gasteiger partial charge in [-0.25, -0.2) is 9.69 Å². The number of imide groups is 2. The van der Waals surface area contributed by atoms with Crippen molar-refractivity contribution >= 4 is 61.5 Å². The van der Waals surface area contributed by atoms with Gasteiger partial charge in [-0.1, -0.05) is 0 Å². The molecule has 1 heterocycles. The maximum atomic E-state index is 13.1. The van der Waals surface area contributed by atoms with Gasteiger partial charge >= 0.3 is 6.03 Å². The van der Waals surface area contributed by atoms with Crippen LogP contribution in [0.5, 0.6) is 17.2 Å². The maximum absolute atomic E-state index is 13.1. The Kier molecular flexibility index (Phi) is 7.73. The summed E-state index contributed by atoms with van der Waals surface area (Å²) in [5.74, 6) is -0.477. The zero-order valence-corrected chi connectivity index (χ0v) is 20.7. The number of nitrogens with zero attached hydrogens (tertiary/aromatic N) is 2. The van der Waals surface area contributed by atoms with E-state index in [9.17, 15) is 14.4 Å². The first-order chi connectivity index (χ1) is 15.8. The van der Waals surface area contributed by atoms with Gasteiger partial charge < -0.3 is 14.2 Å². The molecular formula is C22H17Br2N3O6. The molecule has 33 heavy (non-hydrogen) atoms. The topological polar surface area (TPSA) is 118 Å². The predicted molar refractivity (Wildman–Crippen MR) is 126 cm³/mol. The number of carbonyl (C=O) groups excluding carboxylic acids is 3. The molecule has 1 fully saturated rings. The second-order valence-electron chi connectivity index (χ2n) is 6.46. The number of halogens is 2. The third kappa shape index (κ3) is 5.02. The lowest BCUT2D eigenvalue weighted by Crippen LogP contribution is -2.54. The molecule has 4 amide bonds. The highest BCUT2D eigenvalue weighted by molar-refractivity contribution is 9.13. The van der Waals surface area contributed by atoms with Crippen molar-refractivity contribution in [3.63, 3.8) is 0 Å². The SMILES string of the molecule is CCOc1cc(/C=C2\C(=O)NC(=O)N(c3ccc(OC)cc3)C2=O)c(Br)c(Br)c1OCC#N. The molecule has 0 aromatic heterocycles. The number of ether oxygens (including phenoxy) is 3. The Bertz CT molecular complexity index is 1190. The minimum absolute atomic E-state index is 0.203. The van der Waals surface area contributed by atoms with Gasteiger partial charge in [0.15, 0.2) is 18.1 Å². The summed E-state index contributed by atoms with van der Waals surface area (Å²) < 4.78 is 17.0. The first kappa shape index (κ1) is 24.3. The molecule has 11 heteroatoms. The Labute approximate surface area is 206 Å². The van der Waals surface area contributed by atoms with Gasteiger partial charge in [-0.2, -0.15) is 5.26 Å². The molecule has 0 bridgehead atoms. The van der Waals surface area contributed by atoms with E-state index in [1.54, 1.807) is 25.1 Å². The Morgan fingerprint density at radius 3 is 2.42 bits per heavy atom. The molecule has 1 aliphatic rings. The fourth-order valence-electron chi connectivity index (χ4n) is 2.99. The van der Waals surface area contributed by atoms with E-state index in [1.807, 2.05) is 6.07 Å². The quantitative estimate of drug-likeness (QED) is 0.386. The van der Waals surface area contributed by atoms with Gasteiger partial charge in [0.2, 0.25) is 0 Å². The lowest BCUT2D eigenvalue weighted by atomic mass is 10.1. The number of nitrogens with one attached hydrogen (secondary N) is 1. The number of methoxy groups -OCH3 is 1. The smallest absolute Gasteiger partial charge is 0.335 e. The first-order valence-electron chi connectivity index (χ1n) is 9.52. The Balaban J connectivity index is 2.06. The second kappa shape index (κ2) is 10.5. The highest BCUT2D eigenvalue weighted by atomic mass is 79.9. The van der Waals surface area contributed by atoms with E-state index in [0.717, 1.165) is 4.90 Å². The zero-order chi connectivity index (χ0) is 24.1. The molecule has 0 aliphatic carbocycles. The highest BCUT2D eigenvalue weighted by Crippen LogP contribution is 2.43. The number of amides is 4. The number of urea groups is 1. The van der Waals surface area contributed by atoms with E-state index >= 15 is 0 Å². The van der Waals surface area contributed by atoms with E-state index in [1.165, 1.54) is 25.3 Å². The fourth-order valence-corrected chi connectivity index (χ4v) is 3.94. The Morgan fingerprint density at radius 1 is 1.12 bits per heavy atom. The van der Waals surface area contributed by atoms with Crippen LogP contribution in [0.25, 0.3) is 6.08 Å². The van der Waals surface area contributed by atoms with Crippen molar-refractivity contribution in [2.45, 2.75) is 6.92 Å². The third-order valence-electron chi connectivity index (χ3n) is 4.47. The van der Waals surface area contributed by atoms with Gasteiger partial charge in [-0.3, -0.25) is 14.9 Å². The Hall–Kier alpha value is -3.36. The van der Waals surface area contributed by atoms with Crippen LogP contribution in [0.3, 0.4) is 0 Å². The number of carbonyl (C=O) groups is 3. The molecule has 0 atom stereocenters. The molecule has 170 valence electrons. The Morgan fingerprint density at radius 2 is 1.82 bits per heavy atom. The zero-order valence-electron chi connectivity index (χ0n) is 17.5. The lowest BCUT2D eigenvalue weighted by Gasteiger charge is -2.26. The molecule has 0 unspecified atom stereocenters. The van der Waals surface area contributed by atoms with E-state index in [4.69, 9.17) is 19.5 Å². The molecule has 9 nitrogen and oxygen atoms in total. The molecule has 0 radical (unpaired) electrons. The molecule has 2 aromatic rings. The monoisotopic (exact) mass is 577 g/mol. The summed E-state index contributed by atoms with van der Waals surface area (Å²) in [5.41, 5.74) is 0.426. The van der Waals surface area contributed by atoms with E-state index in [2.05, 4.69) is 37.2 Å². The summed E-state index contributed by atoms with van der Waals surface area (Å²) >= 11 is 6.81. The van der Waals surface area contributed by atoms with Crippen molar-refractivity contribution in [2.75, 3.05) is 25.2 Å². The number of barbiturate groups is 1. The van der Waals surface area contributed by atoms with Crippen LogP contribution in [0.2, 0.25) is 0 Å². The maximum Gasteiger partial charge on any atom is 0.335 e. The second-order valence-corrected chi connectivity index (χ2v) is 8.04. The molecule has 0 saturated carbocycles. The van der Waals surface area contributed by atoms with Gasteiger partial charge in [0, 0.05) is 4.47 Å². The van der Waals surface area contributed by atoms with Gasteiger partial charge in [0.25, 0.3) is 11.8 Å². The van der Waals surface area contributed by atoms with Gasteiger partial charge in [0.1, 0.15) is 17.4 Å². The van der Waals surface area contributed by atoms with Crippen molar-refractivity contribution in [3.05, 3.63) is 50.4 Å². The van der Waals surface area contributed by atoms with E-state index in [0.29, 0.717) is 38.4 Å². The van der Waals surface area contributed by atoms with Gasteiger partial charge in [-0.15, -0.1) is 0 Å². The lowest BCUT2D eigenvalue weighted by molar-refractivity contribution is -0.122. The van der Waals surface area contributed by atoms with Crippen LogP contribution < -0.4 is 24.4 Å². The van der Waals surface area contributed by atoms with Crippen molar-refractivity contribution < 1.29 is 28.6 Å². The molecule has 3 rings (SSSR count). The van der Waals surface area contributed by atoms with Crippen LogP contribution in [0.4, 0.5) is 10.5 Å². The largest absolute Gasteiger partial charge is 0.497 e. The van der Waals surface area contributed by atoms with E-state index in [-0.39, 0.29) is 17.9 Å². The summed E-state index contributed by atoms with van der Waals surface area (Å²) in [6, 6.07) is 8.85. The average Bonchev–Trinajstić information content (AvgIpc) is 2.80. The molecule has 0 spiro atoms. The molecule has 1 N–H and O–H groups in total. The summed E-state index contributed by atoms with van der Waals surface area (Å²) in [4.78, 5) is 38.9. The summed E-state index contributed by atoms with van der Waals surface area (Å²) in [6.07, 6.45) is 1.34. The number of anilines is 1. The van der Waals surface area contributed by atoms with Crippen molar-refractivity contribution in [2.24, 2.45) is 0 Å². The number of benzene rings is 2. The number of nitriles is 1. The van der Waals surface area contributed by atoms with Crippen LogP contribution in [0.1, 0.15) is 12.5 Å². The summed E-state index contributed by atoms with van der Waals surface area (Å²) in [6.45, 7) is 1.89. The minimum Gasteiger partial charge on any atom is -0.497 e. The van der Waals surface area contributed by atoms with Crippen LogP contribution in [-0.4, -0.2) is 38.2 Å². The molecule has 1 saturated heterocycles. The standard InChI is InChI=1S/C22H17Br2N3O6/c1-3-32-16-11-12(17(23)18(24)19(16)33-9-8-25)10-15-20(28)26-22(30)27(21(15)29)13-4-6-14(31-2)7-5-13/h4-7,10-11H,3,9H2,1-2H3,(H,26,28,30)/b15-10+. The minimum atomic E-state index is -0.859. The predicted octanol–water partition coefficient (Wildman–Crippen LogP) is 4.19. The number of hydrogen-bond donors (Lipinski definition) is 1. The van der Waals surface area contributed by atoms with Crippen molar-refractivity contribution in [1.29, 1.82) is 5.26 Å². The van der Waals surface area contributed by atoms with Crippen LogP contribution in [-0.2, 0) is 9.59 Å². The molecule has 2 aromatic carbocycles.